The normalized spacial score (nSPS) is 20.5. The van der Waals surface area contributed by atoms with E-state index < -0.39 is 66.6 Å². The zero-order valence-electron chi connectivity index (χ0n) is 22.5. The quantitative estimate of drug-likeness (QED) is 0.361. The van der Waals surface area contributed by atoms with Gasteiger partial charge in [-0.1, -0.05) is 35.9 Å². The van der Waals surface area contributed by atoms with E-state index in [1.807, 2.05) is 6.07 Å². The van der Waals surface area contributed by atoms with Crippen LogP contribution in [0.15, 0.2) is 66.9 Å². The van der Waals surface area contributed by atoms with Crippen LogP contribution in [0.5, 0.6) is 0 Å². The molecule has 43 heavy (non-hydrogen) atoms. The van der Waals surface area contributed by atoms with Crippen molar-refractivity contribution in [2.24, 2.45) is 0 Å². The summed E-state index contributed by atoms with van der Waals surface area (Å²) in [6, 6.07) is 15.1. The summed E-state index contributed by atoms with van der Waals surface area (Å²) in [5.41, 5.74) is -1.96. The van der Waals surface area contributed by atoms with Crippen LogP contribution in [-0.2, 0) is 14.3 Å². The van der Waals surface area contributed by atoms with Crippen LogP contribution < -0.4 is 15.5 Å². The fraction of sp³-hybridized carbons (Fsp3) is 0.300. The monoisotopic (exact) mass is 611 g/mol. The van der Waals surface area contributed by atoms with Crippen LogP contribution in [0.4, 0.5) is 29.5 Å². The maximum Gasteiger partial charge on any atom is 0.416 e. The third-order valence-electron chi connectivity index (χ3n) is 7.60. The molecule has 1 saturated heterocycles. The number of amides is 3. The van der Waals surface area contributed by atoms with E-state index in [9.17, 15) is 32.8 Å². The molecule has 3 amide bonds. The Morgan fingerprint density at radius 2 is 1.86 bits per heavy atom. The molecule has 2 aliphatic rings. The number of carbonyl (C=O) groups is 3. The number of benzene rings is 2. The summed E-state index contributed by atoms with van der Waals surface area (Å²) in [6.45, 7) is -0.669. The van der Waals surface area contributed by atoms with Crippen molar-refractivity contribution >= 4 is 41.0 Å². The highest BCUT2D eigenvalue weighted by atomic mass is 35.5. The maximum atomic E-state index is 14.4. The van der Waals surface area contributed by atoms with E-state index in [4.69, 9.17) is 16.3 Å². The van der Waals surface area contributed by atoms with Crippen molar-refractivity contribution in [2.45, 2.75) is 49.1 Å². The van der Waals surface area contributed by atoms with Gasteiger partial charge in [-0.15, -0.1) is 0 Å². The Hall–Kier alpha value is -4.63. The molecule has 222 valence electrons. The number of hydrogen-bond acceptors (Lipinski definition) is 6. The highest BCUT2D eigenvalue weighted by molar-refractivity contribution is 6.32. The maximum absolute atomic E-state index is 14.4. The minimum atomic E-state index is -2.85. The van der Waals surface area contributed by atoms with Gasteiger partial charge >= 0.3 is 6.09 Å². The van der Waals surface area contributed by atoms with Crippen molar-refractivity contribution in [2.75, 3.05) is 16.8 Å². The van der Waals surface area contributed by atoms with Gasteiger partial charge in [-0.05, 0) is 54.8 Å². The number of rotatable bonds is 7. The number of alkyl halides is 2. The Morgan fingerprint density at radius 1 is 1.12 bits per heavy atom. The van der Waals surface area contributed by atoms with Gasteiger partial charge in [0, 0.05) is 35.8 Å². The van der Waals surface area contributed by atoms with Crippen molar-refractivity contribution in [3.8, 4) is 6.07 Å². The van der Waals surface area contributed by atoms with Gasteiger partial charge in [-0.2, -0.15) is 5.26 Å². The molecule has 2 heterocycles. The number of halogens is 4. The van der Waals surface area contributed by atoms with E-state index in [0.717, 1.165) is 11.0 Å². The number of hydrogen-bond donors (Lipinski definition) is 2. The summed E-state index contributed by atoms with van der Waals surface area (Å²) in [5, 5.41) is 14.9. The van der Waals surface area contributed by atoms with Gasteiger partial charge in [0.1, 0.15) is 24.2 Å². The van der Waals surface area contributed by atoms with Crippen LogP contribution in [0.3, 0.4) is 0 Å². The largest absolute Gasteiger partial charge is 0.446 e. The fourth-order valence-corrected chi connectivity index (χ4v) is 5.73. The van der Waals surface area contributed by atoms with E-state index in [1.54, 1.807) is 12.1 Å². The van der Waals surface area contributed by atoms with E-state index in [2.05, 4.69) is 15.6 Å². The summed E-state index contributed by atoms with van der Waals surface area (Å²) in [4.78, 5) is 47.2. The first-order valence-corrected chi connectivity index (χ1v) is 13.7. The lowest BCUT2D eigenvalue weighted by Crippen LogP contribution is -2.64. The molecule has 1 saturated carbocycles. The minimum Gasteiger partial charge on any atom is -0.446 e. The molecular weight excluding hydrogens is 587 g/mol. The summed E-state index contributed by atoms with van der Waals surface area (Å²) in [7, 11) is 0. The fourth-order valence-electron chi connectivity index (χ4n) is 5.48. The number of aromatic nitrogens is 1. The summed E-state index contributed by atoms with van der Waals surface area (Å²) in [5.74, 6) is -6.97. The van der Waals surface area contributed by atoms with Crippen LogP contribution in [0.25, 0.3) is 0 Å². The minimum absolute atomic E-state index is 0.0125. The molecule has 1 unspecified atom stereocenters. The van der Waals surface area contributed by atoms with E-state index >= 15 is 0 Å². The summed E-state index contributed by atoms with van der Waals surface area (Å²) >= 11 is 6.58. The number of anilines is 2. The van der Waals surface area contributed by atoms with Gasteiger partial charge in [0.2, 0.25) is 11.8 Å². The number of nitriles is 1. The highest BCUT2D eigenvalue weighted by Crippen LogP contribution is 2.44. The van der Waals surface area contributed by atoms with E-state index in [-0.39, 0.29) is 40.5 Å². The number of pyridine rings is 1. The van der Waals surface area contributed by atoms with Gasteiger partial charge in [0.25, 0.3) is 5.91 Å². The van der Waals surface area contributed by atoms with Crippen LogP contribution in [0.1, 0.15) is 42.7 Å². The third-order valence-corrected chi connectivity index (χ3v) is 7.94. The number of nitrogens with one attached hydrogen (secondary N) is 2. The molecule has 1 aliphatic carbocycles. The average molecular weight is 612 g/mol. The van der Waals surface area contributed by atoms with Crippen LogP contribution >= 0.6 is 11.6 Å². The van der Waals surface area contributed by atoms with Gasteiger partial charge in [-0.25, -0.2) is 27.8 Å². The van der Waals surface area contributed by atoms with Crippen LogP contribution in [0, 0.1) is 17.1 Å². The van der Waals surface area contributed by atoms with Crippen LogP contribution in [0.2, 0.25) is 5.02 Å². The van der Waals surface area contributed by atoms with E-state index in [1.165, 1.54) is 48.7 Å². The molecule has 0 bridgehead atoms. The second-order valence-corrected chi connectivity index (χ2v) is 10.8. The molecule has 1 aliphatic heterocycles. The molecule has 0 radical (unpaired) electrons. The Kier molecular flexibility index (Phi) is 8.28. The number of ether oxygens (including phenoxy) is 1. The van der Waals surface area contributed by atoms with E-state index in [0.29, 0.717) is 0 Å². The second kappa shape index (κ2) is 11.9. The molecule has 2 N–H and O–H groups in total. The predicted molar refractivity (Wildman–Crippen MR) is 150 cm³/mol. The number of carbonyl (C=O) groups excluding carboxylic acids is 3. The van der Waals surface area contributed by atoms with Crippen LogP contribution in [-0.4, -0.2) is 47.0 Å². The Bertz CT molecular complexity index is 1610. The number of cyclic esters (lactones) is 1. The van der Waals surface area contributed by atoms with Crippen molar-refractivity contribution in [1.82, 2.24) is 10.3 Å². The lowest BCUT2D eigenvalue weighted by molar-refractivity contribution is -0.131. The van der Waals surface area contributed by atoms with Crippen molar-refractivity contribution in [3.05, 3.63) is 88.8 Å². The molecule has 2 aromatic carbocycles. The molecule has 2 atom stereocenters. The average Bonchev–Trinajstić information content (AvgIpc) is 3.32. The molecule has 1 aromatic heterocycles. The highest BCUT2D eigenvalue weighted by Gasteiger charge is 2.62. The Balaban J connectivity index is 1.67. The Morgan fingerprint density at radius 3 is 2.56 bits per heavy atom. The standard InChI is InChI=1S/C30H25ClF3N5O4/c31-23-7-2-1-6-22(23)25(26(40)37-20-8-11-29(33,34)12-9-20)30(27(41)38-21-5-3-4-19(32)15-21)17-43-28(42)39(30)24-14-18(16-35)10-13-36-24/h1-7,10,13-15,20,25H,8-9,11-12,17H2,(H,37,40)(H,38,41)/t25-,30?/m1/s1. The van der Waals surface area contributed by atoms with Crippen molar-refractivity contribution in [1.29, 1.82) is 5.26 Å². The van der Waals surface area contributed by atoms with Crippen molar-refractivity contribution < 1.29 is 32.3 Å². The molecule has 13 heteroatoms. The molecular formula is C30H25ClF3N5O4. The lowest BCUT2D eigenvalue weighted by Gasteiger charge is -2.40. The summed E-state index contributed by atoms with van der Waals surface area (Å²) < 4.78 is 47.3. The van der Waals surface area contributed by atoms with Gasteiger partial charge < -0.3 is 15.4 Å². The SMILES string of the molecule is N#Cc1ccnc(N2C(=O)OCC2(C(=O)Nc2cccc(F)c2)[C@@H](C(=O)NC2CCC(F)(F)CC2)c2ccccc2Cl)c1. The molecule has 3 aromatic rings. The van der Waals surface area contributed by atoms with Gasteiger partial charge in [-0.3, -0.25) is 9.59 Å². The molecule has 5 rings (SSSR count). The lowest BCUT2D eigenvalue weighted by atomic mass is 9.76. The summed E-state index contributed by atoms with van der Waals surface area (Å²) in [6.07, 6.45) is -0.680. The smallest absolute Gasteiger partial charge is 0.416 e. The third kappa shape index (κ3) is 5.99. The van der Waals surface area contributed by atoms with Gasteiger partial charge in [0.05, 0.1) is 11.6 Å². The first-order valence-electron chi connectivity index (χ1n) is 13.4. The molecule has 0 spiro atoms. The van der Waals surface area contributed by atoms with Crippen molar-refractivity contribution in [3.63, 3.8) is 0 Å². The number of nitrogens with zero attached hydrogens (tertiary/aromatic N) is 3. The van der Waals surface area contributed by atoms with Gasteiger partial charge in [0.15, 0.2) is 5.54 Å². The zero-order valence-corrected chi connectivity index (χ0v) is 23.3. The first kappa shape index (κ1) is 29.8. The molecule has 2 fully saturated rings. The Labute approximate surface area is 249 Å². The second-order valence-electron chi connectivity index (χ2n) is 10.4. The first-order chi connectivity index (χ1) is 20.5. The predicted octanol–water partition coefficient (Wildman–Crippen LogP) is 5.56. The topological polar surface area (TPSA) is 124 Å². The zero-order chi connectivity index (χ0) is 30.8. The molecule has 9 nitrogen and oxygen atoms in total.